The molecule has 1 N–H and O–H groups in total. The first-order valence-electron chi connectivity index (χ1n) is 11.2. The van der Waals surface area contributed by atoms with Crippen LogP contribution < -0.4 is 10.1 Å². The van der Waals surface area contributed by atoms with E-state index in [2.05, 4.69) is 44.3 Å². The van der Waals surface area contributed by atoms with E-state index >= 15 is 0 Å². The molecule has 0 saturated carbocycles. The molecule has 1 atom stereocenters. The van der Waals surface area contributed by atoms with Crippen molar-refractivity contribution in [2.75, 3.05) is 19.4 Å². The Morgan fingerprint density at radius 1 is 1.09 bits per heavy atom. The molecule has 174 valence electrons. The molecule has 0 spiro atoms. The van der Waals surface area contributed by atoms with Gasteiger partial charge in [-0.15, -0.1) is 11.8 Å². The molecule has 0 aliphatic heterocycles. The number of carbonyl (C=O) groups is 2. The lowest BCUT2D eigenvalue weighted by molar-refractivity contribution is -0.139. The third kappa shape index (κ3) is 8.23. The van der Waals surface area contributed by atoms with Gasteiger partial charge in [-0.2, -0.15) is 0 Å². The summed E-state index contributed by atoms with van der Waals surface area (Å²) in [6, 6.07) is 15.5. The van der Waals surface area contributed by atoms with E-state index in [1.165, 1.54) is 11.1 Å². The van der Waals surface area contributed by atoms with Crippen LogP contribution in [0.4, 0.5) is 0 Å². The van der Waals surface area contributed by atoms with Crippen molar-refractivity contribution in [1.29, 1.82) is 0 Å². The fraction of sp³-hybridized carbons (Fsp3) is 0.462. The van der Waals surface area contributed by atoms with Gasteiger partial charge in [0.1, 0.15) is 11.8 Å². The zero-order chi connectivity index (χ0) is 23.5. The monoisotopic (exact) mass is 456 g/mol. The summed E-state index contributed by atoms with van der Waals surface area (Å²) in [5.41, 5.74) is 3.35. The second-order valence-corrected chi connectivity index (χ2v) is 9.40. The first-order valence-corrected chi connectivity index (χ1v) is 12.3. The van der Waals surface area contributed by atoms with Crippen molar-refractivity contribution < 1.29 is 14.3 Å². The maximum atomic E-state index is 13.3. The minimum absolute atomic E-state index is 0.0305. The molecule has 0 aliphatic rings. The van der Waals surface area contributed by atoms with Crippen molar-refractivity contribution in [3.05, 3.63) is 65.2 Å². The van der Waals surface area contributed by atoms with Crippen molar-refractivity contribution in [2.45, 2.75) is 52.5 Å². The van der Waals surface area contributed by atoms with Crippen LogP contribution in [-0.4, -0.2) is 42.2 Å². The fourth-order valence-corrected chi connectivity index (χ4v) is 4.31. The van der Waals surface area contributed by atoms with Crippen LogP contribution in [0.25, 0.3) is 0 Å². The summed E-state index contributed by atoms with van der Waals surface area (Å²) >= 11 is 1.58. The van der Waals surface area contributed by atoms with Gasteiger partial charge in [0.15, 0.2) is 0 Å². The molecular formula is C26H36N2O3S. The summed E-state index contributed by atoms with van der Waals surface area (Å²) in [4.78, 5) is 27.9. The second kappa shape index (κ2) is 13.2. The van der Waals surface area contributed by atoms with Crippen LogP contribution in [0, 0.1) is 12.8 Å². The largest absolute Gasteiger partial charge is 0.497 e. The third-order valence-electron chi connectivity index (χ3n) is 5.13. The first kappa shape index (κ1) is 25.8. The quantitative estimate of drug-likeness (QED) is 0.498. The van der Waals surface area contributed by atoms with Gasteiger partial charge in [-0.3, -0.25) is 9.59 Å². The Bertz CT molecular complexity index is 885. The predicted octanol–water partition coefficient (Wildman–Crippen LogP) is 4.82. The van der Waals surface area contributed by atoms with Crippen LogP contribution in [0.1, 0.15) is 43.9 Å². The van der Waals surface area contributed by atoms with Crippen LogP contribution >= 0.6 is 11.8 Å². The number of carbonyl (C=O) groups excluding carboxylic acids is 2. The fourth-order valence-electron chi connectivity index (χ4n) is 3.45. The number of methoxy groups -OCH3 is 1. The lowest BCUT2D eigenvalue weighted by atomic mass is 10.1. The van der Waals surface area contributed by atoms with Gasteiger partial charge < -0.3 is 15.0 Å². The van der Waals surface area contributed by atoms with Crippen molar-refractivity contribution in [2.24, 2.45) is 5.92 Å². The highest BCUT2D eigenvalue weighted by molar-refractivity contribution is 7.99. The molecule has 0 heterocycles. The molecule has 0 aliphatic carbocycles. The second-order valence-electron chi connectivity index (χ2n) is 8.42. The molecule has 32 heavy (non-hydrogen) atoms. The topological polar surface area (TPSA) is 58.6 Å². The molecule has 0 saturated heterocycles. The van der Waals surface area contributed by atoms with Crippen molar-refractivity contribution in [3.63, 3.8) is 0 Å². The Balaban J connectivity index is 2.14. The van der Waals surface area contributed by atoms with E-state index < -0.39 is 6.04 Å². The van der Waals surface area contributed by atoms with Gasteiger partial charge in [0.2, 0.25) is 11.8 Å². The van der Waals surface area contributed by atoms with Crippen molar-refractivity contribution >= 4 is 23.6 Å². The number of aryl methyl sites for hydroxylation is 1. The lowest BCUT2D eigenvalue weighted by Gasteiger charge is -2.31. The molecule has 1 unspecified atom stereocenters. The lowest BCUT2D eigenvalue weighted by Crippen LogP contribution is -2.50. The van der Waals surface area contributed by atoms with E-state index in [-0.39, 0.29) is 11.8 Å². The van der Waals surface area contributed by atoms with E-state index in [4.69, 9.17) is 4.74 Å². The van der Waals surface area contributed by atoms with E-state index in [9.17, 15) is 9.59 Å². The van der Waals surface area contributed by atoms with E-state index in [1.54, 1.807) is 23.8 Å². The molecule has 6 heteroatoms. The molecule has 0 bridgehead atoms. The number of amides is 2. The van der Waals surface area contributed by atoms with Gasteiger partial charge in [-0.1, -0.05) is 62.7 Å². The summed E-state index contributed by atoms with van der Waals surface area (Å²) in [6.07, 6.45) is 0.558. The number of nitrogens with one attached hydrogen (secondary N) is 1. The molecule has 2 aromatic rings. The molecule has 0 radical (unpaired) electrons. The summed E-state index contributed by atoms with van der Waals surface area (Å²) < 4.78 is 5.33. The van der Waals surface area contributed by atoms with Gasteiger partial charge in [-0.25, -0.2) is 0 Å². The minimum Gasteiger partial charge on any atom is -0.497 e. The summed E-state index contributed by atoms with van der Waals surface area (Å²) in [5.74, 6) is 2.05. The van der Waals surface area contributed by atoms with E-state index in [0.717, 1.165) is 17.1 Å². The Morgan fingerprint density at radius 3 is 2.47 bits per heavy atom. The molecule has 0 aromatic heterocycles. The third-order valence-corrected chi connectivity index (χ3v) is 6.12. The van der Waals surface area contributed by atoms with Gasteiger partial charge in [0.25, 0.3) is 0 Å². The van der Waals surface area contributed by atoms with Crippen molar-refractivity contribution in [3.8, 4) is 5.75 Å². The van der Waals surface area contributed by atoms with Gasteiger partial charge >= 0.3 is 0 Å². The highest BCUT2D eigenvalue weighted by Gasteiger charge is 2.28. The smallest absolute Gasteiger partial charge is 0.242 e. The highest BCUT2D eigenvalue weighted by atomic mass is 32.2. The van der Waals surface area contributed by atoms with Gasteiger partial charge in [0, 0.05) is 18.8 Å². The van der Waals surface area contributed by atoms with E-state index in [1.807, 2.05) is 37.3 Å². The van der Waals surface area contributed by atoms with Crippen LogP contribution in [0.2, 0.25) is 0 Å². The van der Waals surface area contributed by atoms with Crippen LogP contribution in [-0.2, 0) is 21.9 Å². The summed E-state index contributed by atoms with van der Waals surface area (Å²) in [7, 11) is 1.62. The minimum atomic E-state index is -0.507. The Morgan fingerprint density at radius 2 is 1.81 bits per heavy atom. The average Bonchev–Trinajstić information content (AvgIpc) is 2.77. The Kier molecular flexibility index (Phi) is 10.6. The zero-order valence-corrected chi connectivity index (χ0v) is 20.7. The number of rotatable bonds is 12. The van der Waals surface area contributed by atoms with Gasteiger partial charge in [0.05, 0.1) is 12.9 Å². The molecular weight excluding hydrogens is 420 g/mol. The van der Waals surface area contributed by atoms with Crippen LogP contribution in [0.5, 0.6) is 5.75 Å². The predicted molar refractivity (Wildman–Crippen MR) is 133 cm³/mol. The van der Waals surface area contributed by atoms with E-state index in [0.29, 0.717) is 31.2 Å². The number of nitrogens with zero attached hydrogens (tertiary/aromatic N) is 1. The highest BCUT2D eigenvalue weighted by Crippen LogP contribution is 2.20. The molecule has 0 fully saturated rings. The van der Waals surface area contributed by atoms with Crippen LogP contribution in [0.15, 0.2) is 48.5 Å². The zero-order valence-electron chi connectivity index (χ0n) is 19.9. The molecule has 2 rings (SSSR count). The maximum absolute atomic E-state index is 13.3. The first-order chi connectivity index (χ1) is 15.3. The molecule has 2 aromatic carbocycles. The molecule has 5 nitrogen and oxygen atoms in total. The number of hydrogen-bond donors (Lipinski definition) is 1. The van der Waals surface area contributed by atoms with Gasteiger partial charge in [-0.05, 0) is 42.5 Å². The number of ether oxygens (including phenoxy) is 1. The number of thioether (sulfide) groups is 1. The number of benzene rings is 2. The maximum Gasteiger partial charge on any atom is 0.242 e. The Labute approximate surface area is 196 Å². The Hall–Kier alpha value is -2.47. The van der Waals surface area contributed by atoms with Crippen molar-refractivity contribution in [1.82, 2.24) is 10.2 Å². The standard InChI is InChI=1S/C26H36N2O3S/c1-6-24(26(30)27-15-19(2)3)28(16-21-10-8-12-23(14-21)31-5)25(29)18-32-17-22-11-7-9-20(4)13-22/h7-14,19,24H,6,15-18H2,1-5H3,(H,27,30). The molecule has 2 amide bonds. The summed E-state index contributed by atoms with van der Waals surface area (Å²) in [6.45, 7) is 9.10. The van der Waals surface area contributed by atoms with Crippen LogP contribution in [0.3, 0.4) is 0 Å². The average molecular weight is 457 g/mol. The number of hydrogen-bond acceptors (Lipinski definition) is 4. The SMILES string of the molecule is CCC(C(=O)NCC(C)C)N(Cc1cccc(OC)c1)C(=O)CSCc1cccc(C)c1. The summed E-state index contributed by atoms with van der Waals surface area (Å²) in [5, 5.41) is 3.00. The normalized spacial score (nSPS) is 11.8.